The summed E-state index contributed by atoms with van der Waals surface area (Å²) < 4.78 is 0. The highest BCUT2D eigenvalue weighted by Gasteiger charge is 2.36. The number of H-pyrrole nitrogens is 1. The second kappa shape index (κ2) is 6.65. The van der Waals surface area contributed by atoms with E-state index in [4.69, 9.17) is 0 Å². The van der Waals surface area contributed by atoms with Crippen molar-refractivity contribution in [2.24, 2.45) is 0 Å². The molecule has 1 saturated carbocycles. The predicted octanol–water partition coefficient (Wildman–Crippen LogP) is 1.90. The Morgan fingerprint density at radius 1 is 1.14 bits per heavy atom. The lowest BCUT2D eigenvalue weighted by Crippen LogP contribution is -2.56. The normalized spacial score (nSPS) is 21.6. The van der Waals surface area contributed by atoms with Crippen molar-refractivity contribution in [2.45, 2.75) is 50.5 Å². The summed E-state index contributed by atoms with van der Waals surface area (Å²) in [5, 5.41) is 3.25. The number of amides is 1. The Morgan fingerprint density at radius 2 is 1.86 bits per heavy atom. The van der Waals surface area contributed by atoms with Crippen LogP contribution in [0.15, 0.2) is 23.0 Å². The summed E-state index contributed by atoms with van der Waals surface area (Å²) in [5.41, 5.74) is -0.00406. The maximum Gasteiger partial charge on any atom is 0.268 e. The number of aromatic nitrogens is 1. The molecule has 1 aliphatic heterocycles. The quantitative estimate of drug-likeness (QED) is 0.893. The van der Waals surface area contributed by atoms with E-state index in [0.717, 1.165) is 32.5 Å². The topological polar surface area (TPSA) is 65.2 Å². The van der Waals surface area contributed by atoms with Gasteiger partial charge in [0.25, 0.3) is 5.91 Å². The summed E-state index contributed by atoms with van der Waals surface area (Å²) >= 11 is 0. The molecule has 1 amide bonds. The van der Waals surface area contributed by atoms with Crippen molar-refractivity contribution in [3.63, 3.8) is 0 Å². The van der Waals surface area contributed by atoms with Crippen LogP contribution in [0, 0.1) is 0 Å². The number of carbonyl (C=O) groups excluding carboxylic acids is 1. The number of likely N-dealkylation sites (tertiary alicyclic amines) is 1. The van der Waals surface area contributed by atoms with E-state index in [1.54, 1.807) is 12.1 Å². The second-order valence-corrected chi connectivity index (χ2v) is 6.71. The number of hydrogen-bond acceptors (Lipinski definition) is 3. The van der Waals surface area contributed by atoms with Gasteiger partial charge in [-0.25, -0.2) is 0 Å². The Morgan fingerprint density at radius 3 is 2.55 bits per heavy atom. The van der Waals surface area contributed by atoms with Gasteiger partial charge in [-0.05, 0) is 44.8 Å². The first-order valence-electron chi connectivity index (χ1n) is 8.41. The summed E-state index contributed by atoms with van der Waals surface area (Å²) in [7, 11) is 0. The molecule has 3 rings (SSSR count). The molecule has 0 spiro atoms. The Labute approximate surface area is 131 Å². The zero-order valence-electron chi connectivity index (χ0n) is 13.1. The van der Waals surface area contributed by atoms with Crippen molar-refractivity contribution in [3.8, 4) is 0 Å². The third kappa shape index (κ3) is 3.58. The lowest BCUT2D eigenvalue weighted by molar-refractivity contribution is 0.0817. The van der Waals surface area contributed by atoms with E-state index in [1.807, 2.05) is 0 Å². The molecule has 0 unspecified atom stereocenters. The molecule has 5 heteroatoms. The maximum absolute atomic E-state index is 12.5. The highest BCUT2D eigenvalue weighted by molar-refractivity contribution is 5.92. The van der Waals surface area contributed by atoms with Crippen LogP contribution in [0.25, 0.3) is 0 Å². The summed E-state index contributed by atoms with van der Waals surface area (Å²) in [6, 6.07) is 4.72. The highest BCUT2D eigenvalue weighted by Crippen LogP contribution is 2.30. The molecule has 0 bridgehead atoms. The standard InChI is InChI=1S/C17H25N3O2/c21-15-8-6-7-14(18-15)16(22)19-17(9-2-1-3-10-17)13-20-11-4-5-12-20/h6-8H,1-5,9-13H2,(H,18,21)(H,19,22). The molecule has 5 nitrogen and oxygen atoms in total. The monoisotopic (exact) mass is 303 g/mol. The molecule has 0 atom stereocenters. The zero-order valence-corrected chi connectivity index (χ0v) is 13.1. The summed E-state index contributed by atoms with van der Waals surface area (Å²) in [6.07, 6.45) is 8.17. The van der Waals surface area contributed by atoms with Gasteiger partial charge in [0.2, 0.25) is 5.56 Å². The summed E-state index contributed by atoms with van der Waals surface area (Å²) in [5.74, 6) is -0.154. The smallest absolute Gasteiger partial charge is 0.268 e. The molecule has 120 valence electrons. The van der Waals surface area contributed by atoms with Crippen LogP contribution in [0.2, 0.25) is 0 Å². The third-order valence-electron chi connectivity index (χ3n) is 4.93. The first-order valence-corrected chi connectivity index (χ1v) is 8.41. The van der Waals surface area contributed by atoms with E-state index in [2.05, 4.69) is 15.2 Å². The molecule has 2 aliphatic rings. The van der Waals surface area contributed by atoms with Gasteiger partial charge in [-0.2, -0.15) is 0 Å². The van der Waals surface area contributed by atoms with Crippen LogP contribution >= 0.6 is 0 Å². The summed E-state index contributed by atoms with van der Waals surface area (Å²) in [4.78, 5) is 29.0. The molecule has 0 radical (unpaired) electrons. The van der Waals surface area contributed by atoms with Gasteiger partial charge in [0.1, 0.15) is 5.69 Å². The van der Waals surface area contributed by atoms with Gasteiger partial charge in [-0.1, -0.05) is 25.3 Å². The largest absolute Gasteiger partial charge is 0.344 e. The molecular weight excluding hydrogens is 278 g/mol. The van der Waals surface area contributed by atoms with Gasteiger partial charge < -0.3 is 15.2 Å². The molecule has 1 aromatic rings. The third-order valence-corrected chi connectivity index (χ3v) is 4.93. The number of aromatic amines is 1. The van der Waals surface area contributed by atoms with Gasteiger partial charge in [-0.15, -0.1) is 0 Å². The average molecular weight is 303 g/mol. The van der Waals surface area contributed by atoms with Gasteiger partial charge in [0.15, 0.2) is 0 Å². The molecular formula is C17H25N3O2. The Balaban J connectivity index is 1.74. The van der Waals surface area contributed by atoms with E-state index in [9.17, 15) is 9.59 Å². The molecule has 0 aromatic carbocycles. The summed E-state index contributed by atoms with van der Waals surface area (Å²) in [6.45, 7) is 3.22. The van der Waals surface area contributed by atoms with Crippen LogP contribution in [-0.4, -0.2) is 41.0 Å². The first kappa shape index (κ1) is 15.3. The molecule has 1 saturated heterocycles. The Bertz CT molecular complexity index is 569. The van der Waals surface area contributed by atoms with Crippen molar-refractivity contribution in [2.75, 3.05) is 19.6 Å². The van der Waals surface area contributed by atoms with Gasteiger partial charge in [0.05, 0.1) is 5.54 Å². The van der Waals surface area contributed by atoms with E-state index in [0.29, 0.717) is 5.69 Å². The lowest BCUT2D eigenvalue weighted by atomic mass is 9.81. The number of nitrogens with zero attached hydrogens (tertiary/aromatic N) is 1. The molecule has 1 aliphatic carbocycles. The van der Waals surface area contributed by atoms with E-state index < -0.39 is 0 Å². The van der Waals surface area contributed by atoms with Crippen LogP contribution in [0.1, 0.15) is 55.4 Å². The Hall–Kier alpha value is -1.62. The van der Waals surface area contributed by atoms with E-state index >= 15 is 0 Å². The first-order chi connectivity index (χ1) is 10.7. The number of nitrogens with one attached hydrogen (secondary N) is 2. The fourth-order valence-electron chi connectivity index (χ4n) is 3.81. The van der Waals surface area contributed by atoms with Crippen LogP contribution in [0.3, 0.4) is 0 Å². The maximum atomic E-state index is 12.5. The van der Waals surface area contributed by atoms with E-state index in [1.165, 1.54) is 38.2 Å². The number of carbonyl (C=O) groups is 1. The molecule has 1 aromatic heterocycles. The molecule has 2 heterocycles. The number of hydrogen-bond donors (Lipinski definition) is 2. The number of pyridine rings is 1. The van der Waals surface area contributed by atoms with Crippen LogP contribution in [0.4, 0.5) is 0 Å². The molecule has 2 N–H and O–H groups in total. The van der Waals surface area contributed by atoms with Gasteiger partial charge in [0, 0.05) is 12.6 Å². The minimum absolute atomic E-state index is 0.133. The predicted molar refractivity (Wildman–Crippen MR) is 86.0 cm³/mol. The average Bonchev–Trinajstić information content (AvgIpc) is 3.00. The van der Waals surface area contributed by atoms with Crippen molar-refractivity contribution in [3.05, 3.63) is 34.2 Å². The van der Waals surface area contributed by atoms with Crippen molar-refractivity contribution in [1.82, 2.24) is 15.2 Å². The van der Waals surface area contributed by atoms with Crippen LogP contribution in [0.5, 0.6) is 0 Å². The fraction of sp³-hybridized carbons (Fsp3) is 0.647. The Kier molecular flexibility index (Phi) is 4.62. The van der Waals surface area contributed by atoms with Crippen molar-refractivity contribution in [1.29, 1.82) is 0 Å². The van der Waals surface area contributed by atoms with Gasteiger partial charge >= 0.3 is 0 Å². The highest BCUT2D eigenvalue weighted by atomic mass is 16.2. The lowest BCUT2D eigenvalue weighted by Gasteiger charge is -2.41. The number of rotatable bonds is 4. The second-order valence-electron chi connectivity index (χ2n) is 6.71. The zero-order chi connectivity index (χ0) is 15.4. The van der Waals surface area contributed by atoms with Crippen LogP contribution < -0.4 is 10.9 Å². The van der Waals surface area contributed by atoms with Gasteiger partial charge in [-0.3, -0.25) is 9.59 Å². The van der Waals surface area contributed by atoms with E-state index in [-0.39, 0.29) is 17.0 Å². The molecule has 22 heavy (non-hydrogen) atoms. The van der Waals surface area contributed by atoms with Crippen molar-refractivity contribution >= 4 is 5.91 Å². The fourth-order valence-corrected chi connectivity index (χ4v) is 3.81. The van der Waals surface area contributed by atoms with Crippen LogP contribution in [-0.2, 0) is 0 Å². The minimum Gasteiger partial charge on any atom is -0.344 e. The minimum atomic E-state index is -0.232. The van der Waals surface area contributed by atoms with Crippen molar-refractivity contribution < 1.29 is 4.79 Å². The molecule has 2 fully saturated rings. The SMILES string of the molecule is O=C(NC1(CN2CCCC2)CCCCC1)c1cccc(=O)[nH]1.